The zero-order valence-corrected chi connectivity index (χ0v) is 19.3. The molecule has 7 nitrogen and oxygen atoms in total. The minimum absolute atomic E-state index is 0.0317. The lowest BCUT2D eigenvalue weighted by Gasteiger charge is -2.73. The lowest BCUT2D eigenvalue weighted by atomic mass is 9.31. The number of halogens is 1. The van der Waals surface area contributed by atoms with Crippen LogP contribution in [0.4, 0.5) is 4.39 Å². The minimum Gasteiger partial charge on any atom is -0.395 e. The van der Waals surface area contributed by atoms with Gasteiger partial charge in [-0.15, -0.1) is 0 Å². The number of benzene rings is 1. The van der Waals surface area contributed by atoms with Gasteiger partial charge in [-0.1, -0.05) is 12.1 Å². The van der Waals surface area contributed by atoms with E-state index in [1.165, 1.54) is 18.3 Å². The Kier molecular flexibility index (Phi) is 6.12. The zero-order chi connectivity index (χ0) is 23.8. The Morgan fingerprint density at radius 2 is 1.79 bits per heavy atom. The van der Waals surface area contributed by atoms with E-state index in [4.69, 9.17) is 5.11 Å². The van der Waals surface area contributed by atoms with E-state index in [1.54, 1.807) is 18.3 Å². The van der Waals surface area contributed by atoms with Crippen molar-refractivity contribution in [2.45, 2.75) is 37.1 Å². The molecule has 3 aliphatic carbocycles. The second-order valence-electron chi connectivity index (χ2n) is 10.1. The number of nitrogens with zero attached hydrogens (tertiary/aromatic N) is 3. The normalized spacial score (nSPS) is 26.8. The van der Waals surface area contributed by atoms with Gasteiger partial charge in [-0.25, -0.2) is 4.39 Å². The van der Waals surface area contributed by atoms with Crippen LogP contribution in [0.1, 0.15) is 41.6 Å². The Bertz CT molecular complexity index is 1020. The average molecular weight is 467 g/mol. The fourth-order valence-electron chi connectivity index (χ4n) is 6.17. The third-order valence-electron chi connectivity index (χ3n) is 8.02. The van der Waals surface area contributed by atoms with Crippen LogP contribution in [-0.4, -0.2) is 77.1 Å². The number of pyridine rings is 1. The fraction of sp³-hybridized carbons (Fsp3) is 0.500. The van der Waals surface area contributed by atoms with Crippen molar-refractivity contribution in [3.63, 3.8) is 0 Å². The highest BCUT2D eigenvalue weighted by Gasteiger charge is 2.71. The second-order valence-corrected chi connectivity index (χ2v) is 10.1. The van der Waals surface area contributed by atoms with Gasteiger partial charge < -0.3 is 15.3 Å². The van der Waals surface area contributed by atoms with Crippen LogP contribution < -0.4 is 5.32 Å². The molecule has 0 radical (unpaired) electrons. The number of hydrogen-bond donors (Lipinski definition) is 2. The van der Waals surface area contributed by atoms with Crippen LogP contribution in [0.3, 0.4) is 0 Å². The van der Waals surface area contributed by atoms with Crippen molar-refractivity contribution < 1.29 is 19.1 Å². The van der Waals surface area contributed by atoms with Crippen LogP contribution in [0.5, 0.6) is 0 Å². The van der Waals surface area contributed by atoms with Crippen molar-refractivity contribution in [3.05, 3.63) is 65.7 Å². The molecule has 4 fully saturated rings. The number of piperazine rings is 1. The zero-order valence-electron chi connectivity index (χ0n) is 19.3. The first-order valence-electron chi connectivity index (χ1n) is 12.0. The van der Waals surface area contributed by atoms with E-state index >= 15 is 0 Å². The van der Waals surface area contributed by atoms with Crippen LogP contribution in [0.25, 0.3) is 0 Å². The molecule has 1 unspecified atom stereocenters. The first-order valence-corrected chi connectivity index (χ1v) is 12.0. The molecule has 2 N–H and O–H groups in total. The van der Waals surface area contributed by atoms with Gasteiger partial charge >= 0.3 is 0 Å². The molecule has 2 aromatic rings. The Hall–Kier alpha value is -2.84. The fourth-order valence-corrected chi connectivity index (χ4v) is 6.17. The van der Waals surface area contributed by atoms with Gasteiger partial charge in [-0.3, -0.25) is 19.5 Å². The number of aromatic nitrogens is 1. The summed E-state index contributed by atoms with van der Waals surface area (Å²) in [5.41, 5.74) is 1.54. The molecular formula is C26H31FN4O3. The first-order chi connectivity index (χ1) is 16.4. The van der Waals surface area contributed by atoms with Gasteiger partial charge in [0.1, 0.15) is 5.82 Å². The van der Waals surface area contributed by atoms with Crippen molar-refractivity contribution >= 4 is 11.8 Å². The molecular weight excluding hydrogens is 435 g/mol. The van der Waals surface area contributed by atoms with Gasteiger partial charge in [0.2, 0.25) is 5.91 Å². The topological polar surface area (TPSA) is 85.8 Å². The Morgan fingerprint density at radius 1 is 1.09 bits per heavy atom. The molecule has 0 spiro atoms. The second kappa shape index (κ2) is 9.07. The molecule has 1 saturated heterocycles. The van der Waals surface area contributed by atoms with Gasteiger partial charge in [0.05, 0.1) is 12.2 Å². The average Bonchev–Trinajstić information content (AvgIpc) is 2.79. The number of nitrogens with one attached hydrogen (secondary N) is 1. The summed E-state index contributed by atoms with van der Waals surface area (Å²) in [5, 5.41) is 12.3. The van der Waals surface area contributed by atoms with Gasteiger partial charge in [-0.05, 0) is 59.9 Å². The molecule has 3 saturated carbocycles. The summed E-state index contributed by atoms with van der Waals surface area (Å²) in [6.45, 7) is 3.51. The molecule has 4 aliphatic rings. The minimum atomic E-state index is -0.259. The van der Waals surface area contributed by atoms with Gasteiger partial charge in [0.25, 0.3) is 5.91 Å². The molecule has 1 aromatic carbocycles. The van der Waals surface area contributed by atoms with Crippen molar-refractivity contribution in [2.75, 3.05) is 39.3 Å². The van der Waals surface area contributed by atoms with E-state index in [0.29, 0.717) is 25.2 Å². The van der Waals surface area contributed by atoms with E-state index < -0.39 is 0 Å². The van der Waals surface area contributed by atoms with E-state index in [-0.39, 0.29) is 47.5 Å². The standard InChI is InChI=1S/C26H31FN4O3/c27-21-5-3-20(4-6-21)25-16-26(17-25,18-25)22(29-24(34)19-2-1-7-28-15-19)14-23(33)31-10-8-30(9-11-31)12-13-32/h1-7,15,22,32H,8-14,16-18H2,(H,29,34). The van der Waals surface area contributed by atoms with Gasteiger partial charge in [-0.2, -0.15) is 0 Å². The summed E-state index contributed by atoms with van der Waals surface area (Å²) < 4.78 is 13.4. The number of aliphatic hydroxyl groups excluding tert-OH is 1. The SMILES string of the molecule is O=C(NC(CC(=O)N1CCN(CCO)CC1)C12CC(c3ccc(F)cc3)(C1)C2)c1cccnc1. The Morgan fingerprint density at radius 3 is 2.41 bits per heavy atom. The number of carbonyl (C=O) groups is 2. The van der Waals surface area contributed by atoms with E-state index in [2.05, 4.69) is 15.2 Å². The van der Waals surface area contributed by atoms with Crippen LogP contribution in [0.2, 0.25) is 0 Å². The molecule has 2 amide bonds. The number of rotatable bonds is 8. The predicted octanol–water partition coefficient (Wildman–Crippen LogP) is 1.97. The number of β-amino-alcohol motifs (C(OH)–C–C–N with tert-alkyl or cyclic N) is 1. The van der Waals surface area contributed by atoms with Gasteiger partial charge in [0, 0.05) is 57.6 Å². The molecule has 1 aliphatic heterocycles. The lowest BCUT2D eigenvalue weighted by Crippen LogP contribution is -2.72. The third kappa shape index (κ3) is 4.20. The monoisotopic (exact) mass is 466 g/mol. The van der Waals surface area contributed by atoms with Crippen molar-refractivity contribution in [3.8, 4) is 0 Å². The van der Waals surface area contributed by atoms with Crippen LogP contribution in [-0.2, 0) is 10.2 Å². The predicted molar refractivity (Wildman–Crippen MR) is 125 cm³/mol. The summed E-state index contributed by atoms with van der Waals surface area (Å²) in [5.74, 6) is -0.392. The quantitative estimate of drug-likeness (QED) is 0.621. The number of carbonyl (C=O) groups excluding carboxylic acids is 2. The van der Waals surface area contributed by atoms with E-state index in [0.717, 1.165) is 37.9 Å². The Balaban J connectivity index is 1.28. The maximum Gasteiger partial charge on any atom is 0.253 e. The molecule has 2 heterocycles. The number of amides is 2. The van der Waals surface area contributed by atoms with Crippen molar-refractivity contribution in [1.29, 1.82) is 0 Å². The van der Waals surface area contributed by atoms with Crippen molar-refractivity contribution in [2.24, 2.45) is 5.41 Å². The van der Waals surface area contributed by atoms with Crippen molar-refractivity contribution in [1.82, 2.24) is 20.1 Å². The highest BCUT2D eigenvalue weighted by molar-refractivity contribution is 5.94. The molecule has 34 heavy (non-hydrogen) atoms. The largest absolute Gasteiger partial charge is 0.395 e. The van der Waals surface area contributed by atoms with Gasteiger partial charge in [0.15, 0.2) is 0 Å². The highest BCUT2D eigenvalue weighted by Crippen LogP contribution is 2.75. The molecule has 1 aromatic heterocycles. The summed E-state index contributed by atoms with van der Waals surface area (Å²) in [4.78, 5) is 34.3. The summed E-state index contributed by atoms with van der Waals surface area (Å²) in [7, 11) is 0. The number of aliphatic hydroxyl groups is 1. The molecule has 180 valence electrons. The molecule has 8 heteroatoms. The highest BCUT2D eigenvalue weighted by atomic mass is 19.1. The smallest absolute Gasteiger partial charge is 0.253 e. The molecule has 1 atom stereocenters. The first kappa shape index (κ1) is 22.9. The van der Waals surface area contributed by atoms with Crippen LogP contribution in [0, 0.1) is 11.2 Å². The van der Waals surface area contributed by atoms with Crippen LogP contribution in [0.15, 0.2) is 48.8 Å². The third-order valence-corrected chi connectivity index (χ3v) is 8.02. The summed E-state index contributed by atoms with van der Waals surface area (Å²) in [6, 6.07) is 9.92. The van der Waals surface area contributed by atoms with E-state index in [1.807, 2.05) is 17.0 Å². The maximum atomic E-state index is 13.4. The number of hydrogen-bond acceptors (Lipinski definition) is 5. The molecule has 2 bridgehead atoms. The summed E-state index contributed by atoms with van der Waals surface area (Å²) >= 11 is 0. The van der Waals surface area contributed by atoms with E-state index in [9.17, 15) is 14.0 Å². The lowest BCUT2D eigenvalue weighted by molar-refractivity contribution is -0.169. The Labute approximate surface area is 199 Å². The maximum absolute atomic E-state index is 13.4. The summed E-state index contributed by atoms with van der Waals surface area (Å²) in [6.07, 6.45) is 6.10. The molecule has 6 rings (SSSR count). The van der Waals surface area contributed by atoms with Crippen LogP contribution >= 0.6 is 0 Å².